The van der Waals surface area contributed by atoms with Gasteiger partial charge < -0.3 is 14.9 Å². The number of halogens is 3. The first kappa shape index (κ1) is 24.6. The minimum atomic E-state index is -4.56. The molecule has 0 aromatic carbocycles. The molecule has 1 unspecified atom stereocenters. The van der Waals surface area contributed by atoms with Crippen LogP contribution in [0.1, 0.15) is 68.2 Å². The number of ether oxygens (including phenoxy) is 1. The highest BCUT2D eigenvalue weighted by atomic mass is 19.4. The van der Waals surface area contributed by atoms with Crippen LogP contribution in [0, 0.1) is 0 Å². The molecule has 6 nitrogen and oxygen atoms in total. The number of rotatable bonds is 4. The molecule has 1 saturated carbocycles. The molecule has 1 aliphatic heterocycles. The van der Waals surface area contributed by atoms with Gasteiger partial charge in [0.1, 0.15) is 0 Å². The second-order valence-electron chi connectivity index (χ2n) is 8.35. The number of alkyl halides is 3. The van der Waals surface area contributed by atoms with Crippen molar-refractivity contribution in [2.75, 3.05) is 13.2 Å². The highest BCUT2D eigenvalue weighted by Crippen LogP contribution is 2.44. The van der Waals surface area contributed by atoms with Gasteiger partial charge in [0.25, 0.3) is 5.91 Å². The second-order valence-corrected chi connectivity index (χ2v) is 8.35. The first-order chi connectivity index (χ1) is 15.2. The lowest BCUT2D eigenvalue weighted by Gasteiger charge is -2.38. The summed E-state index contributed by atoms with van der Waals surface area (Å²) in [5, 5.41) is 21.0. The molecule has 9 heteroatoms. The molecule has 1 spiro atoms. The Hall–Kier alpha value is -2.07. The summed E-state index contributed by atoms with van der Waals surface area (Å²) in [5.74, 6) is -1.89. The van der Waals surface area contributed by atoms with E-state index in [0.29, 0.717) is 18.2 Å². The monoisotopic (exact) mass is 453 g/mol. The molecule has 0 bridgehead atoms. The maximum atomic E-state index is 12.3. The summed E-state index contributed by atoms with van der Waals surface area (Å²) in [6.45, 7) is 2.69. The van der Waals surface area contributed by atoms with E-state index < -0.39 is 17.7 Å². The van der Waals surface area contributed by atoms with Crippen LogP contribution in [0.15, 0.2) is 42.9 Å². The van der Waals surface area contributed by atoms with Gasteiger partial charge in [-0.2, -0.15) is 13.2 Å². The predicted octanol–water partition coefficient (Wildman–Crippen LogP) is 4.09. The number of hydrogen-bond acceptors (Lipinski definition) is 6. The lowest BCUT2D eigenvalue weighted by Crippen LogP contribution is -2.42. The maximum Gasteiger partial charge on any atom is 0.417 e. The highest BCUT2D eigenvalue weighted by Gasteiger charge is 2.40. The molecule has 32 heavy (non-hydrogen) atoms. The molecule has 1 aliphatic carbocycles. The summed E-state index contributed by atoms with van der Waals surface area (Å²) in [6.07, 6.45) is 6.44. The second kappa shape index (κ2) is 10.2. The molecule has 4 rings (SSSR count). The summed E-state index contributed by atoms with van der Waals surface area (Å²) < 4.78 is 43.0. The Balaban J connectivity index is 0.000000181. The maximum absolute atomic E-state index is 12.3. The van der Waals surface area contributed by atoms with Gasteiger partial charge >= 0.3 is 6.18 Å². The quantitative estimate of drug-likeness (QED) is 0.605. The highest BCUT2D eigenvalue weighted by molar-refractivity contribution is 5.23. The number of nitrogens with zero attached hydrogens (tertiary/aromatic N) is 2. The fourth-order valence-electron chi connectivity index (χ4n) is 4.40. The first-order valence-corrected chi connectivity index (χ1v) is 10.9. The van der Waals surface area contributed by atoms with Crippen LogP contribution in [0.4, 0.5) is 13.2 Å². The molecule has 2 aliphatic rings. The van der Waals surface area contributed by atoms with E-state index in [1.165, 1.54) is 37.8 Å². The van der Waals surface area contributed by atoms with Gasteiger partial charge in [0, 0.05) is 42.4 Å². The molecule has 176 valence electrons. The SMILES string of the molecule is CCNC(O)(O)c1cncc(C(F)(F)F)c1.c1ccc(C2CCOC3(CCCC3)C2)nc1. The normalized spacial score (nSPS) is 20.6. The molecule has 1 atom stereocenters. The van der Waals surface area contributed by atoms with Crippen LogP contribution < -0.4 is 5.32 Å². The molecule has 2 aromatic rings. The van der Waals surface area contributed by atoms with Gasteiger partial charge in [0.15, 0.2) is 0 Å². The summed E-state index contributed by atoms with van der Waals surface area (Å²) in [7, 11) is 0. The van der Waals surface area contributed by atoms with E-state index in [4.69, 9.17) is 4.74 Å². The van der Waals surface area contributed by atoms with Crippen LogP contribution in [-0.4, -0.2) is 38.9 Å². The van der Waals surface area contributed by atoms with Gasteiger partial charge in [0.2, 0.25) is 0 Å². The fraction of sp³-hybridized carbons (Fsp3) is 0.565. The lowest BCUT2D eigenvalue weighted by molar-refractivity contribution is -0.194. The molecule has 2 aromatic heterocycles. The summed E-state index contributed by atoms with van der Waals surface area (Å²) in [6, 6.07) is 6.89. The van der Waals surface area contributed by atoms with Crippen molar-refractivity contribution in [3.05, 3.63) is 59.7 Å². The number of aliphatic hydroxyl groups is 2. The van der Waals surface area contributed by atoms with E-state index >= 15 is 0 Å². The van der Waals surface area contributed by atoms with Crippen molar-refractivity contribution >= 4 is 0 Å². The number of nitrogens with one attached hydrogen (secondary N) is 1. The van der Waals surface area contributed by atoms with Crippen LogP contribution in [0.5, 0.6) is 0 Å². The lowest BCUT2D eigenvalue weighted by atomic mass is 9.83. The molecule has 1 saturated heterocycles. The Morgan fingerprint density at radius 2 is 1.88 bits per heavy atom. The summed E-state index contributed by atoms with van der Waals surface area (Å²) >= 11 is 0. The molecule has 0 amide bonds. The Kier molecular flexibility index (Phi) is 7.87. The fourth-order valence-corrected chi connectivity index (χ4v) is 4.40. The smallest absolute Gasteiger partial charge is 0.375 e. The van der Waals surface area contributed by atoms with Crippen molar-refractivity contribution in [1.82, 2.24) is 15.3 Å². The van der Waals surface area contributed by atoms with E-state index in [9.17, 15) is 23.4 Å². The Bertz CT molecular complexity index is 856. The van der Waals surface area contributed by atoms with Crippen molar-refractivity contribution < 1.29 is 28.1 Å². The largest absolute Gasteiger partial charge is 0.417 e. The van der Waals surface area contributed by atoms with Gasteiger partial charge in [0.05, 0.1) is 11.2 Å². The van der Waals surface area contributed by atoms with Gasteiger partial charge in [-0.05, 0) is 50.4 Å². The molecular weight excluding hydrogens is 423 g/mol. The zero-order chi connectivity index (χ0) is 23.2. The minimum Gasteiger partial charge on any atom is -0.375 e. The van der Waals surface area contributed by atoms with Gasteiger partial charge in [-0.3, -0.25) is 15.3 Å². The summed E-state index contributed by atoms with van der Waals surface area (Å²) in [5.41, 5.74) is 0.0806. The van der Waals surface area contributed by atoms with E-state index in [2.05, 4.69) is 27.4 Å². The van der Waals surface area contributed by atoms with Crippen molar-refractivity contribution in [3.8, 4) is 0 Å². The van der Waals surface area contributed by atoms with E-state index in [-0.39, 0.29) is 17.7 Å². The average Bonchev–Trinajstić information content (AvgIpc) is 3.22. The summed E-state index contributed by atoms with van der Waals surface area (Å²) in [4.78, 5) is 7.82. The van der Waals surface area contributed by atoms with E-state index in [1.807, 2.05) is 12.3 Å². The van der Waals surface area contributed by atoms with E-state index in [1.54, 1.807) is 6.92 Å². The number of aromatic nitrogens is 2. The third-order valence-corrected chi connectivity index (χ3v) is 6.01. The van der Waals surface area contributed by atoms with E-state index in [0.717, 1.165) is 19.2 Å². The number of hydrogen-bond donors (Lipinski definition) is 3. The van der Waals surface area contributed by atoms with Gasteiger partial charge in [-0.15, -0.1) is 0 Å². The van der Waals surface area contributed by atoms with Gasteiger partial charge in [-0.1, -0.05) is 25.8 Å². The number of pyridine rings is 2. The Labute approximate surface area is 185 Å². The molecule has 3 N–H and O–H groups in total. The van der Waals surface area contributed by atoms with Crippen LogP contribution in [-0.2, 0) is 16.8 Å². The van der Waals surface area contributed by atoms with Crippen LogP contribution >= 0.6 is 0 Å². The molecular formula is C23H30F3N3O3. The molecule has 2 fully saturated rings. The van der Waals surface area contributed by atoms with Crippen LogP contribution in [0.2, 0.25) is 0 Å². The van der Waals surface area contributed by atoms with Crippen molar-refractivity contribution in [2.45, 2.75) is 69.1 Å². The first-order valence-electron chi connectivity index (χ1n) is 10.9. The predicted molar refractivity (Wildman–Crippen MR) is 112 cm³/mol. The molecule has 0 radical (unpaired) electrons. The van der Waals surface area contributed by atoms with Crippen molar-refractivity contribution in [3.63, 3.8) is 0 Å². The van der Waals surface area contributed by atoms with Gasteiger partial charge in [-0.25, -0.2) is 0 Å². The Morgan fingerprint density at radius 3 is 2.50 bits per heavy atom. The zero-order valence-electron chi connectivity index (χ0n) is 18.1. The van der Waals surface area contributed by atoms with Crippen molar-refractivity contribution in [2.24, 2.45) is 0 Å². The average molecular weight is 454 g/mol. The van der Waals surface area contributed by atoms with Crippen LogP contribution in [0.3, 0.4) is 0 Å². The zero-order valence-corrected chi connectivity index (χ0v) is 18.1. The third-order valence-electron chi connectivity index (χ3n) is 6.01. The molecule has 3 heterocycles. The van der Waals surface area contributed by atoms with Crippen molar-refractivity contribution in [1.29, 1.82) is 0 Å². The minimum absolute atomic E-state index is 0.184. The topological polar surface area (TPSA) is 87.5 Å². The Morgan fingerprint density at radius 1 is 1.16 bits per heavy atom. The van der Waals surface area contributed by atoms with Crippen LogP contribution in [0.25, 0.3) is 0 Å². The standard InChI is InChI=1S/C14H19NO.C9H11F3N2O2/c1-4-9-15-13(5-1)12-6-10-16-14(11-12)7-2-3-8-14;1-2-14-9(15,16)7-3-6(4-13-5-7)8(10,11)12/h1,4-5,9,12H,2-3,6-8,10-11H2;3-5,14-16H,2H2,1H3. The third kappa shape index (κ3) is 6.25.